The fraction of sp³-hybridized carbons (Fsp3) is 0.941. The van der Waals surface area contributed by atoms with E-state index >= 15 is 0 Å². The molecule has 0 heterocycles. The van der Waals surface area contributed by atoms with E-state index < -0.39 is 0 Å². The van der Waals surface area contributed by atoms with Crippen LogP contribution in [0.4, 0.5) is 0 Å². The van der Waals surface area contributed by atoms with Crippen LogP contribution in [0, 0.1) is 5.92 Å². The lowest BCUT2D eigenvalue weighted by Crippen LogP contribution is -2.40. The maximum Gasteiger partial charge on any atom is 0.220 e. The minimum Gasteiger partial charge on any atom is -0.353 e. The summed E-state index contributed by atoms with van der Waals surface area (Å²) in [6.45, 7) is 4.52. The Morgan fingerprint density at radius 1 is 1.00 bits per heavy atom. The molecule has 1 aliphatic carbocycles. The van der Waals surface area contributed by atoms with Crippen molar-refractivity contribution in [1.82, 2.24) is 5.32 Å². The van der Waals surface area contributed by atoms with E-state index in [1.807, 2.05) is 0 Å². The summed E-state index contributed by atoms with van der Waals surface area (Å²) in [7, 11) is 0. The van der Waals surface area contributed by atoms with E-state index in [1.54, 1.807) is 0 Å². The Kier molecular flexibility index (Phi) is 8.94. The van der Waals surface area contributed by atoms with E-state index in [0.29, 0.717) is 12.0 Å². The molecule has 0 aromatic carbocycles. The Labute approximate surface area is 119 Å². The van der Waals surface area contributed by atoms with Gasteiger partial charge in [-0.05, 0) is 25.2 Å². The average molecular weight is 267 g/mol. The molecule has 0 aromatic rings. The van der Waals surface area contributed by atoms with Crippen molar-refractivity contribution in [2.24, 2.45) is 5.92 Å². The van der Waals surface area contributed by atoms with Crippen molar-refractivity contribution >= 4 is 5.91 Å². The Bertz CT molecular complexity index is 239. The lowest BCUT2D eigenvalue weighted by molar-refractivity contribution is -0.122. The predicted octanol–water partition coefficient (Wildman–Crippen LogP) is 4.82. The summed E-state index contributed by atoms with van der Waals surface area (Å²) >= 11 is 0. The van der Waals surface area contributed by atoms with Gasteiger partial charge >= 0.3 is 0 Å². The standard InChI is InChI=1S/C17H33NO/c1-3-4-5-6-7-8-9-14-17(19)18-16-13-11-10-12-15(16)2/h15-16H,3-14H2,1-2H3,(H,18,19)/t15-,16-/m1/s1. The molecule has 0 aliphatic heterocycles. The van der Waals surface area contributed by atoms with E-state index in [9.17, 15) is 4.79 Å². The summed E-state index contributed by atoms with van der Waals surface area (Å²) in [4.78, 5) is 11.9. The average Bonchev–Trinajstić information content (AvgIpc) is 2.40. The zero-order valence-corrected chi connectivity index (χ0v) is 13.0. The van der Waals surface area contributed by atoms with Gasteiger partial charge in [0.2, 0.25) is 5.91 Å². The van der Waals surface area contributed by atoms with Crippen LogP contribution in [0.3, 0.4) is 0 Å². The molecule has 112 valence electrons. The summed E-state index contributed by atoms with van der Waals surface area (Å²) < 4.78 is 0. The van der Waals surface area contributed by atoms with Crippen LogP contribution in [0.25, 0.3) is 0 Å². The first-order valence-electron chi connectivity index (χ1n) is 8.53. The highest BCUT2D eigenvalue weighted by Crippen LogP contribution is 2.23. The van der Waals surface area contributed by atoms with Gasteiger partial charge in [0, 0.05) is 12.5 Å². The van der Waals surface area contributed by atoms with Crippen molar-refractivity contribution in [2.45, 2.75) is 96.9 Å². The zero-order chi connectivity index (χ0) is 13.9. The third-order valence-corrected chi connectivity index (χ3v) is 4.47. The minimum atomic E-state index is 0.285. The van der Waals surface area contributed by atoms with Crippen LogP contribution in [0.15, 0.2) is 0 Å². The van der Waals surface area contributed by atoms with Gasteiger partial charge in [0.15, 0.2) is 0 Å². The van der Waals surface area contributed by atoms with E-state index in [-0.39, 0.29) is 5.91 Å². The number of unbranched alkanes of at least 4 members (excludes halogenated alkanes) is 6. The molecule has 1 rings (SSSR count). The summed E-state index contributed by atoms with van der Waals surface area (Å²) in [6, 6.07) is 0.450. The third kappa shape index (κ3) is 7.59. The molecule has 19 heavy (non-hydrogen) atoms. The number of carbonyl (C=O) groups excluding carboxylic acids is 1. The number of hydrogen-bond donors (Lipinski definition) is 1. The van der Waals surface area contributed by atoms with E-state index in [1.165, 1.54) is 64.2 Å². The smallest absolute Gasteiger partial charge is 0.220 e. The second-order valence-corrected chi connectivity index (χ2v) is 6.31. The number of nitrogens with one attached hydrogen (secondary N) is 1. The van der Waals surface area contributed by atoms with Crippen molar-refractivity contribution in [3.63, 3.8) is 0 Å². The Balaban J connectivity index is 1.98. The quantitative estimate of drug-likeness (QED) is 0.596. The monoisotopic (exact) mass is 267 g/mol. The second kappa shape index (κ2) is 10.3. The van der Waals surface area contributed by atoms with Crippen molar-refractivity contribution in [3.8, 4) is 0 Å². The molecule has 0 bridgehead atoms. The summed E-state index contributed by atoms with van der Waals surface area (Å²) in [6.07, 6.45) is 14.8. The van der Waals surface area contributed by atoms with E-state index in [4.69, 9.17) is 0 Å². The summed E-state index contributed by atoms with van der Waals surface area (Å²) in [5.41, 5.74) is 0. The summed E-state index contributed by atoms with van der Waals surface area (Å²) in [5.74, 6) is 0.957. The van der Waals surface area contributed by atoms with Gasteiger partial charge in [0.25, 0.3) is 0 Å². The Hall–Kier alpha value is -0.530. The van der Waals surface area contributed by atoms with Crippen LogP contribution in [0.2, 0.25) is 0 Å². The fourth-order valence-electron chi connectivity index (χ4n) is 3.05. The van der Waals surface area contributed by atoms with Crippen molar-refractivity contribution < 1.29 is 4.79 Å². The predicted molar refractivity (Wildman–Crippen MR) is 82.2 cm³/mol. The molecule has 1 fully saturated rings. The molecule has 0 saturated heterocycles. The van der Waals surface area contributed by atoms with E-state index in [2.05, 4.69) is 19.2 Å². The number of hydrogen-bond acceptors (Lipinski definition) is 1. The second-order valence-electron chi connectivity index (χ2n) is 6.31. The van der Waals surface area contributed by atoms with Crippen LogP contribution >= 0.6 is 0 Å². The van der Waals surface area contributed by atoms with Gasteiger partial charge in [0.1, 0.15) is 0 Å². The molecule has 1 amide bonds. The molecular formula is C17H33NO. The third-order valence-electron chi connectivity index (χ3n) is 4.47. The Morgan fingerprint density at radius 3 is 2.32 bits per heavy atom. The van der Waals surface area contributed by atoms with Gasteiger partial charge in [-0.1, -0.05) is 65.2 Å². The van der Waals surface area contributed by atoms with Gasteiger partial charge in [-0.3, -0.25) is 4.79 Å². The molecule has 2 atom stereocenters. The molecular weight excluding hydrogens is 234 g/mol. The molecule has 1 aliphatic rings. The first-order valence-corrected chi connectivity index (χ1v) is 8.53. The topological polar surface area (TPSA) is 29.1 Å². The van der Waals surface area contributed by atoms with Crippen molar-refractivity contribution in [2.75, 3.05) is 0 Å². The van der Waals surface area contributed by atoms with E-state index in [0.717, 1.165) is 12.8 Å². The van der Waals surface area contributed by atoms with Crippen LogP contribution in [0.1, 0.15) is 90.9 Å². The van der Waals surface area contributed by atoms with Gasteiger partial charge < -0.3 is 5.32 Å². The molecule has 1 saturated carbocycles. The number of carbonyl (C=O) groups is 1. The number of rotatable bonds is 9. The fourth-order valence-corrected chi connectivity index (χ4v) is 3.05. The van der Waals surface area contributed by atoms with Gasteiger partial charge in [-0.15, -0.1) is 0 Å². The highest BCUT2D eigenvalue weighted by atomic mass is 16.1. The highest BCUT2D eigenvalue weighted by Gasteiger charge is 2.22. The van der Waals surface area contributed by atoms with Crippen LogP contribution in [-0.2, 0) is 4.79 Å². The highest BCUT2D eigenvalue weighted by molar-refractivity contribution is 5.76. The van der Waals surface area contributed by atoms with Crippen molar-refractivity contribution in [1.29, 1.82) is 0 Å². The van der Waals surface area contributed by atoms with Crippen LogP contribution in [-0.4, -0.2) is 11.9 Å². The SMILES string of the molecule is CCCCCCCCCC(=O)N[C@@H]1CCCC[C@H]1C. The molecule has 0 spiro atoms. The first kappa shape index (κ1) is 16.5. The normalized spacial score (nSPS) is 23.3. The van der Waals surface area contributed by atoms with Gasteiger partial charge in [-0.2, -0.15) is 0 Å². The molecule has 1 N–H and O–H groups in total. The van der Waals surface area contributed by atoms with Crippen molar-refractivity contribution in [3.05, 3.63) is 0 Å². The maximum atomic E-state index is 11.9. The van der Waals surface area contributed by atoms with Crippen LogP contribution < -0.4 is 5.32 Å². The lowest BCUT2D eigenvalue weighted by atomic mass is 9.86. The first-order chi connectivity index (χ1) is 9.24. The molecule has 2 nitrogen and oxygen atoms in total. The Morgan fingerprint density at radius 2 is 1.63 bits per heavy atom. The molecule has 0 radical (unpaired) electrons. The molecule has 0 unspecified atom stereocenters. The molecule has 0 aromatic heterocycles. The maximum absolute atomic E-state index is 11.9. The zero-order valence-electron chi connectivity index (χ0n) is 13.0. The lowest BCUT2D eigenvalue weighted by Gasteiger charge is -2.29. The number of amides is 1. The largest absolute Gasteiger partial charge is 0.353 e. The summed E-state index contributed by atoms with van der Waals surface area (Å²) in [5, 5.41) is 3.24. The van der Waals surface area contributed by atoms with Gasteiger partial charge in [-0.25, -0.2) is 0 Å². The molecule has 2 heteroatoms. The van der Waals surface area contributed by atoms with Crippen LogP contribution in [0.5, 0.6) is 0 Å². The minimum absolute atomic E-state index is 0.285. The van der Waals surface area contributed by atoms with Gasteiger partial charge in [0.05, 0.1) is 0 Å².